The van der Waals surface area contributed by atoms with Crippen molar-refractivity contribution in [3.63, 3.8) is 0 Å². The summed E-state index contributed by atoms with van der Waals surface area (Å²) in [5.41, 5.74) is 1.42. The Labute approximate surface area is 155 Å². The van der Waals surface area contributed by atoms with Gasteiger partial charge in [-0.2, -0.15) is 0 Å². The van der Waals surface area contributed by atoms with Crippen LogP contribution in [0.3, 0.4) is 0 Å². The minimum absolute atomic E-state index is 0.0196. The van der Waals surface area contributed by atoms with Crippen LogP contribution in [-0.2, 0) is 9.59 Å². The van der Waals surface area contributed by atoms with E-state index in [1.54, 1.807) is 31.2 Å². The number of anilines is 3. The van der Waals surface area contributed by atoms with E-state index in [-0.39, 0.29) is 22.5 Å². The van der Waals surface area contributed by atoms with Crippen molar-refractivity contribution in [3.8, 4) is 0 Å². The molecule has 0 radical (unpaired) electrons. The first-order valence-electron chi connectivity index (χ1n) is 8.36. The van der Waals surface area contributed by atoms with Crippen LogP contribution in [0.2, 0.25) is 5.02 Å². The third-order valence-electron chi connectivity index (χ3n) is 4.04. The molecule has 3 rings (SSSR count). The first kappa shape index (κ1) is 18.2. The molecule has 3 N–H and O–H groups in total. The molecule has 0 aliphatic heterocycles. The molecule has 0 bridgehead atoms. The predicted octanol–water partition coefficient (Wildman–Crippen LogP) is 4.27. The third-order valence-corrected chi connectivity index (χ3v) is 4.28. The summed E-state index contributed by atoms with van der Waals surface area (Å²) >= 11 is 5.70. The molecular formula is C19H19ClFN3O2. The first-order valence-corrected chi connectivity index (χ1v) is 8.73. The molecule has 26 heavy (non-hydrogen) atoms. The van der Waals surface area contributed by atoms with Crippen LogP contribution in [0, 0.1) is 11.7 Å². The Hall–Kier alpha value is -2.60. The lowest BCUT2D eigenvalue weighted by atomic mass is 10.2. The Kier molecular flexibility index (Phi) is 5.42. The van der Waals surface area contributed by atoms with Crippen molar-refractivity contribution in [2.45, 2.75) is 25.8 Å². The summed E-state index contributed by atoms with van der Waals surface area (Å²) in [5, 5.41) is 8.68. The molecule has 0 aromatic heterocycles. The van der Waals surface area contributed by atoms with Gasteiger partial charge in [0.1, 0.15) is 11.9 Å². The summed E-state index contributed by atoms with van der Waals surface area (Å²) in [6.45, 7) is 1.67. The van der Waals surface area contributed by atoms with E-state index in [4.69, 9.17) is 11.6 Å². The lowest BCUT2D eigenvalue weighted by Gasteiger charge is -2.16. The van der Waals surface area contributed by atoms with E-state index in [1.807, 2.05) is 0 Å². The molecule has 1 saturated carbocycles. The smallest absolute Gasteiger partial charge is 0.246 e. The maximum absolute atomic E-state index is 13.8. The zero-order valence-electron chi connectivity index (χ0n) is 14.2. The highest BCUT2D eigenvalue weighted by Gasteiger charge is 2.29. The number of halogens is 2. The fourth-order valence-electron chi connectivity index (χ4n) is 2.42. The lowest BCUT2D eigenvalue weighted by Crippen LogP contribution is -2.32. The van der Waals surface area contributed by atoms with Gasteiger partial charge in [-0.3, -0.25) is 9.59 Å². The van der Waals surface area contributed by atoms with Crippen LogP contribution < -0.4 is 16.0 Å². The minimum atomic E-state index is -0.612. The SMILES string of the molecule is CC(Nc1cccc(NC(=O)C2CC2)c1)C(=O)Nc1ccc(Cl)cc1F. The van der Waals surface area contributed by atoms with Crippen molar-refractivity contribution in [1.29, 1.82) is 0 Å². The van der Waals surface area contributed by atoms with Crippen molar-refractivity contribution < 1.29 is 14.0 Å². The monoisotopic (exact) mass is 375 g/mol. The summed E-state index contributed by atoms with van der Waals surface area (Å²) in [5.74, 6) is -0.849. The van der Waals surface area contributed by atoms with Gasteiger partial charge in [0.05, 0.1) is 5.69 Å². The van der Waals surface area contributed by atoms with Crippen molar-refractivity contribution >= 4 is 40.5 Å². The van der Waals surface area contributed by atoms with Crippen LogP contribution in [-0.4, -0.2) is 17.9 Å². The molecule has 2 aromatic rings. The van der Waals surface area contributed by atoms with Gasteiger partial charge in [-0.25, -0.2) is 4.39 Å². The Bertz CT molecular complexity index is 839. The highest BCUT2D eigenvalue weighted by molar-refractivity contribution is 6.30. The normalized spacial score (nSPS) is 14.4. The number of rotatable bonds is 6. The van der Waals surface area contributed by atoms with Crippen molar-refractivity contribution in [3.05, 3.63) is 53.3 Å². The van der Waals surface area contributed by atoms with E-state index in [0.29, 0.717) is 11.4 Å². The Morgan fingerprint density at radius 2 is 1.85 bits per heavy atom. The van der Waals surface area contributed by atoms with Gasteiger partial charge in [-0.05, 0) is 56.2 Å². The molecule has 0 spiro atoms. The number of benzene rings is 2. The van der Waals surface area contributed by atoms with Gasteiger partial charge in [-0.15, -0.1) is 0 Å². The van der Waals surface area contributed by atoms with Crippen molar-refractivity contribution in [2.75, 3.05) is 16.0 Å². The van der Waals surface area contributed by atoms with E-state index in [2.05, 4.69) is 16.0 Å². The third kappa shape index (κ3) is 4.73. The number of carbonyl (C=O) groups is 2. The molecular weight excluding hydrogens is 357 g/mol. The average Bonchev–Trinajstić information content (AvgIpc) is 3.42. The van der Waals surface area contributed by atoms with Crippen LogP contribution in [0.5, 0.6) is 0 Å². The largest absolute Gasteiger partial charge is 0.374 e. The molecule has 1 aliphatic carbocycles. The van der Waals surface area contributed by atoms with E-state index in [1.165, 1.54) is 12.1 Å². The number of nitrogens with one attached hydrogen (secondary N) is 3. The second-order valence-electron chi connectivity index (χ2n) is 6.32. The van der Waals surface area contributed by atoms with E-state index >= 15 is 0 Å². The van der Waals surface area contributed by atoms with E-state index in [0.717, 1.165) is 18.9 Å². The van der Waals surface area contributed by atoms with Crippen LogP contribution in [0.4, 0.5) is 21.5 Å². The number of hydrogen-bond donors (Lipinski definition) is 3. The Morgan fingerprint density at radius 3 is 2.54 bits per heavy atom. The number of amides is 2. The zero-order chi connectivity index (χ0) is 18.7. The van der Waals surface area contributed by atoms with Crippen LogP contribution in [0.25, 0.3) is 0 Å². The summed E-state index contributed by atoms with van der Waals surface area (Å²) in [4.78, 5) is 24.1. The second-order valence-corrected chi connectivity index (χ2v) is 6.76. The molecule has 136 valence electrons. The fourth-order valence-corrected chi connectivity index (χ4v) is 2.58. The lowest BCUT2D eigenvalue weighted by molar-refractivity contribution is -0.117. The number of carbonyl (C=O) groups excluding carboxylic acids is 2. The fraction of sp³-hybridized carbons (Fsp3) is 0.263. The van der Waals surface area contributed by atoms with Gasteiger partial charge in [0, 0.05) is 22.3 Å². The van der Waals surface area contributed by atoms with Gasteiger partial charge in [0.2, 0.25) is 11.8 Å². The van der Waals surface area contributed by atoms with Crippen LogP contribution in [0.15, 0.2) is 42.5 Å². The molecule has 5 nitrogen and oxygen atoms in total. The minimum Gasteiger partial charge on any atom is -0.374 e. The average molecular weight is 376 g/mol. The van der Waals surface area contributed by atoms with E-state index in [9.17, 15) is 14.0 Å². The molecule has 1 fully saturated rings. The quantitative estimate of drug-likeness (QED) is 0.706. The highest BCUT2D eigenvalue weighted by Crippen LogP contribution is 2.30. The maximum Gasteiger partial charge on any atom is 0.246 e. The predicted molar refractivity (Wildman–Crippen MR) is 101 cm³/mol. The van der Waals surface area contributed by atoms with Gasteiger partial charge in [-0.1, -0.05) is 17.7 Å². The maximum atomic E-state index is 13.8. The summed E-state index contributed by atoms with van der Waals surface area (Å²) in [6, 6.07) is 10.6. The Morgan fingerprint density at radius 1 is 1.12 bits per heavy atom. The van der Waals surface area contributed by atoms with Crippen LogP contribution >= 0.6 is 11.6 Å². The van der Waals surface area contributed by atoms with Crippen molar-refractivity contribution in [1.82, 2.24) is 0 Å². The second kappa shape index (κ2) is 7.74. The van der Waals surface area contributed by atoms with Gasteiger partial charge in [0.25, 0.3) is 0 Å². The molecule has 2 aromatic carbocycles. The van der Waals surface area contributed by atoms with Gasteiger partial charge >= 0.3 is 0 Å². The summed E-state index contributed by atoms with van der Waals surface area (Å²) < 4.78 is 13.8. The first-order chi connectivity index (χ1) is 12.4. The molecule has 1 atom stereocenters. The summed E-state index contributed by atoms with van der Waals surface area (Å²) in [6.07, 6.45) is 1.87. The summed E-state index contributed by atoms with van der Waals surface area (Å²) in [7, 11) is 0. The molecule has 0 heterocycles. The molecule has 2 amide bonds. The van der Waals surface area contributed by atoms with Gasteiger partial charge in [0.15, 0.2) is 0 Å². The Balaban J connectivity index is 1.60. The zero-order valence-corrected chi connectivity index (χ0v) is 14.9. The van der Waals surface area contributed by atoms with Gasteiger partial charge < -0.3 is 16.0 Å². The topological polar surface area (TPSA) is 70.2 Å². The molecule has 1 unspecified atom stereocenters. The number of hydrogen-bond acceptors (Lipinski definition) is 3. The van der Waals surface area contributed by atoms with Crippen LogP contribution in [0.1, 0.15) is 19.8 Å². The molecule has 1 aliphatic rings. The van der Waals surface area contributed by atoms with E-state index < -0.39 is 17.8 Å². The van der Waals surface area contributed by atoms with Crippen molar-refractivity contribution in [2.24, 2.45) is 5.92 Å². The molecule has 0 saturated heterocycles. The standard InChI is InChI=1S/C19H19ClFN3O2/c1-11(18(25)24-17-8-7-13(20)9-16(17)21)22-14-3-2-4-15(10-14)23-19(26)12-5-6-12/h2-4,7-12,22H,5-6H2,1H3,(H,23,26)(H,24,25). The molecule has 7 heteroatoms. The highest BCUT2D eigenvalue weighted by atomic mass is 35.5.